The van der Waals surface area contributed by atoms with Crippen LogP contribution in [0.25, 0.3) is 0 Å². The molecule has 2 atom stereocenters. The maximum Gasteiger partial charge on any atom is 0.271 e. The molecule has 10 heteroatoms. The van der Waals surface area contributed by atoms with Gasteiger partial charge in [-0.25, -0.2) is 9.97 Å². The second kappa shape index (κ2) is 9.87. The Morgan fingerprint density at radius 3 is 2.51 bits per heavy atom. The molecule has 1 aliphatic heterocycles. The van der Waals surface area contributed by atoms with Crippen molar-refractivity contribution in [1.82, 2.24) is 19.9 Å². The van der Waals surface area contributed by atoms with Crippen LogP contribution < -0.4 is 27.0 Å². The van der Waals surface area contributed by atoms with Crippen molar-refractivity contribution >= 4 is 29.1 Å². The molecule has 1 aromatic carbocycles. The molecule has 0 bridgehead atoms. The molecule has 2 fully saturated rings. The number of carbonyl (C=O) groups is 2. The van der Waals surface area contributed by atoms with E-state index in [9.17, 15) is 9.59 Å². The van der Waals surface area contributed by atoms with Crippen molar-refractivity contribution in [1.29, 1.82) is 0 Å². The van der Waals surface area contributed by atoms with Crippen LogP contribution in [-0.2, 0) is 25.4 Å². The van der Waals surface area contributed by atoms with Gasteiger partial charge >= 0.3 is 0 Å². The maximum absolute atomic E-state index is 13.4. The minimum atomic E-state index is -0.656. The zero-order chi connectivity index (χ0) is 29.1. The first kappa shape index (κ1) is 27.3. The second-order valence-electron chi connectivity index (χ2n) is 12.9. The summed E-state index contributed by atoms with van der Waals surface area (Å²) in [5.41, 5.74) is 17.2. The van der Waals surface area contributed by atoms with Gasteiger partial charge in [0, 0.05) is 42.6 Å². The molecule has 3 heterocycles. The van der Waals surface area contributed by atoms with Gasteiger partial charge in [0.15, 0.2) is 11.5 Å². The second-order valence-corrected chi connectivity index (χ2v) is 12.9. The number of hydrogen-bond acceptors (Lipinski definition) is 7. The molecule has 2 aliphatic carbocycles. The summed E-state index contributed by atoms with van der Waals surface area (Å²) in [7, 11) is 1.99. The summed E-state index contributed by atoms with van der Waals surface area (Å²) in [5, 5.41) is 6.52. The first-order chi connectivity index (χ1) is 19.4. The average molecular weight is 557 g/mol. The Morgan fingerprint density at radius 1 is 1.12 bits per heavy atom. The van der Waals surface area contributed by atoms with E-state index in [1.165, 1.54) is 11.3 Å². The Morgan fingerprint density at radius 2 is 1.85 bits per heavy atom. The summed E-state index contributed by atoms with van der Waals surface area (Å²) in [6, 6.07) is 9.82. The van der Waals surface area contributed by atoms with Crippen molar-refractivity contribution in [2.24, 2.45) is 23.9 Å². The van der Waals surface area contributed by atoms with Crippen LogP contribution in [0.4, 0.5) is 17.3 Å². The van der Waals surface area contributed by atoms with Crippen molar-refractivity contribution in [2.75, 3.05) is 16.8 Å². The lowest BCUT2D eigenvalue weighted by Gasteiger charge is -2.40. The van der Waals surface area contributed by atoms with Gasteiger partial charge in [0.25, 0.3) is 11.8 Å². The van der Waals surface area contributed by atoms with E-state index in [4.69, 9.17) is 16.5 Å². The van der Waals surface area contributed by atoms with Crippen LogP contribution in [0, 0.1) is 5.41 Å². The number of nitrogens with two attached hydrogens (primary N) is 2. The van der Waals surface area contributed by atoms with Crippen molar-refractivity contribution in [3.05, 3.63) is 64.7 Å². The van der Waals surface area contributed by atoms with Crippen LogP contribution in [0.15, 0.2) is 36.5 Å². The number of aromatic nitrogens is 3. The Bertz CT molecular complexity index is 1510. The number of primary amides is 1. The van der Waals surface area contributed by atoms with Gasteiger partial charge in [-0.3, -0.25) is 9.59 Å². The predicted octanol–water partition coefficient (Wildman–Crippen LogP) is 3.52. The van der Waals surface area contributed by atoms with Crippen LogP contribution in [0.1, 0.15) is 84.3 Å². The normalized spacial score (nSPS) is 22.2. The maximum atomic E-state index is 13.4. The van der Waals surface area contributed by atoms with Gasteiger partial charge in [-0.1, -0.05) is 26.0 Å². The number of nitrogens with zero attached hydrogens (tertiary/aromatic N) is 4. The van der Waals surface area contributed by atoms with E-state index in [-0.39, 0.29) is 34.6 Å². The van der Waals surface area contributed by atoms with Gasteiger partial charge in [-0.15, -0.1) is 0 Å². The number of benzene rings is 1. The lowest BCUT2D eigenvalue weighted by Crippen LogP contribution is -2.54. The smallest absolute Gasteiger partial charge is 0.271 e. The fraction of sp³-hybridized carbons (Fsp3) is 0.484. The van der Waals surface area contributed by atoms with Gasteiger partial charge in [0.2, 0.25) is 0 Å². The highest BCUT2D eigenvalue weighted by molar-refractivity contribution is 5.96. The van der Waals surface area contributed by atoms with Crippen LogP contribution in [0.5, 0.6) is 0 Å². The zero-order valence-electron chi connectivity index (χ0n) is 24.3. The Balaban J connectivity index is 1.19. The van der Waals surface area contributed by atoms with E-state index in [2.05, 4.69) is 51.9 Å². The van der Waals surface area contributed by atoms with Crippen molar-refractivity contribution in [3.63, 3.8) is 0 Å². The SMILES string of the molecule is C[C@@H]1[C@H](NC(=O)c2cc3c(n2C)CC(C)(C)C3)CCCN1c1cnc(C(N)=O)c(Nc2ccc(C3(N)CC3)cc2)n1. The highest BCUT2D eigenvalue weighted by atomic mass is 16.2. The van der Waals surface area contributed by atoms with Crippen LogP contribution in [-0.4, -0.2) is 45.0 Å². The molecule has 0 radical (unpaired) electrons. The molecule has 1 saturated heterocycles. The standard InChI is InChI=1S/C31H40N8O2/c1-18-22(36-29(41)23-14-19-15-30(2,3)16-24(19)38(23)4)6-5-13-39(18)25-17-34-26(27(32)40)28(37-25)35-21-9-7-20(8-10-21)31(33)11-12-31/h7-10,14,17-18,22H,5-6,11-13,15-16,33H2,1-4H3,(H2,32,40)(H,35,37)(H,36,41)/t18-,22-/m1/s1. The number of amides is 2. The summed E-state index contributed by atoms with van der Waals surface area (Å²) in [6.45, 7) is 7.39. The molecule has 3 aromatic rings. The Kier molecular flexibility index (Phi) is 6.56. The fourth-order valence-electron chi connectivity index (χ4n) is 6.47. The van der Waals surface area contributed by atoms with E-state index in [1.54, 1.807) is 6.20 Å². The van der Waals surface area contributed by atoms with Crippen molar-refractivity contribution < 1.29 is 9.59 Å². The van der Waals surface area contributed by atoms with Gasteiger partial charge in [0.1, 0.15) is 11.5 Å². The van der Waals surface area contributed by atoms with Crippen LogP contribution >= 0.6 is 0 Å². The molecule has 1 saturated carbocycles. The van der Waals surface area contributed by atoms with E-state index in [0.29, 0.717) is 17.3 Å². The number of anilines is 3. The summed E-state index contributed by atoms with van der Waals surface area (Å²) >= 11 is 0. The third kappa shape index (κ3) is 5.16. The monoisotopic (exact) mass is 556 g/mol. The average Bonchev–Trinajstić information content (AvgIpc) is 3.51. The molecule has 6 rings (SSSR count). The molecule has 2 aromatic heterocycles. The lowest BCUT2D eigenvalue weighted by molar-refractivity contribution is 0.0914. The molecule has 216 valence electrons. The quantitative estimate of drug-likeness (QED) is 0.349. The lowest BCUT2D eigenvalue weighted by atomic mass is 9.90. The molecule has 0 spiro atoms. The first-order valence-electron chi connectivity index (χ1n) is 14.5. The third-order valence-electron chi connectivity index (χ3n) is 9.10. The van der Waals surface area contributed by atoms with Crippen LogP contribution in [0.3, 0.4) is 0 Å². The summed E-state index contributed by atoms with van der Waals surface area (Å²) in [4.78, 5) is 36.9. The number of rotatable bonds is 7. The Labute approximate surface area is 240 Å². The summed E-state index contributed by atoms with van der Waals surface area (Å²) in [5.74, 6) is 0.220. The molecule has 6 N–H and O–H groups in total. The van der Waals surface area contributed by atoms with E-state index in [1.807, 2.05) is 31.3 Å². The summed E-state index contributed by atoms with van der Waals surface area (Å²) in [6.07, 6.45) is 7.29. The molecule has 2 amide bonds. The molecule has 0 unspecified atom stereocenters. The predicted molar refractivity (Wildman–Crippen MR) is 159 cm³/mol. The molecular weight excluding hydrogens is 516 g/mol. The third-order valence-corrected chi connectivity index (χ3v) is 9.10. The largest absolute Gasteiger partial charge is 0.364 e. The minimum Gasteiger partial charge on any atom is -0.364 e. The molecule has 3 aliphatic rings. The summed E-state index contributed by atoms with van der Waals surface area (Å²) < 4.78 is 2.06. The zero-order valence-corrected chi connectivity index (χ0v) is 24.3. The number of carbonyl (C=O) groups excluding carboxylic acids is 2. The molecule has 10 nitrogen and oxygen atoms in total. The molecule has 41 heavy (non-hydrogen) atoms. The molecular formula is C31H40N8O2. The van der Waals surface area contributed by atoms with Crippen LogP contribution in [0.2, 0.25) is 0 Å². The van der Waals surface area contributed by atoms with Gasteiger partial charge in [-0.2, -0.15) is 0 Å². The van der Waals surface area contributed by atoms with Gasteiger partial charge < -0.3 is 31.6 Å². The number of hydrogen-bond donors (Lipinski definition) is 4. The van der Waals surface area contributed by atoms with Gasteiger partial charge in [0.05, 0.1) is 6.20 Å². The van der Waals surface area contributed by atoms with E-state index >= 15 is 0 Å². The highest BCUT2D eigenvalue weighted by Gasteiger charge is 2.40. The van der Waals surface area contributed by atoms with Crippen molar-refractivity contribution in [3.8, 4) is 0 Å². The van der Waals surface area contributed by atoms with Crippen molar-refractivity contribution in [2.45, 2.75) is 76.9 Å². The highest BCUT2D eigenvalue weighted by Crippen LogP contribution is 2.43. The number of fused-ring (bicyclic) bond motifs is 1. The first-order valence-corrected chi connectivity index (χ1v) is 14.5. The van der Waals surface area contributed by atoms with Gasteiger partial charge in [-0.05, 0) is 80.2 Å². The van der Waals surface area contributed by atoms with E-state index in [0.717, 1.165) is 56.3 Å². The number of piperidine rings is 1. The number of nitrogens with one attached hydrogen (secondary N) is 2. The topological polar surface area (TPSA) is 144 Å². The Hall–Kier alpha value is -3.92. The minimum absolute atomic E-state index is 0.0288. The van der Waals surface area contributed by atoms with E-state index < -0.39 is 5.91 Å². The fourth-order valence-corrected chi connectivity index (χ4v) is 6.47.